The molecule has 0 atom stereocenters. The van der Waals surface area contributed by atoms with Gasteiger partial charge >= 0.3 is 11.8 Å². The molecule has 0 radical (unpaired) electrons. The maximum absolute atomic E-state index is 12.1. The Morgan fingerprint density at radius 3 is 2.46 bits per heavy atom. The van der Waals surface area contributed by atoms with Crippen molar-refractivity contribution in [3.05, 3.63) is 82.9 Å². The van der Waals surface area contributed by atoms with Crippen molar-refractivity contribution in [2.24, 2.45) is 5.10 Å². The average Bonchev–Trinajstić information content (AvgIpc) is 2.85. The summed E-state index contributed by atoms with van der Waals surface area (Å²) in [5, 5.41) is 9.51. The summed E-state index contributed by atoms with van der Waals surface area (Å²) in [5.74, 6) is -1.10. The molecule has 0 heterocycles. The summed E-state index contributed by atoms with van der Waals surface area (Å²) < 4.78 is 10.6. The van der Waals surface area contributed by atoms with Crippen LogP contribution in [0.2, 0.25) is 5.02 Å². The van der Waals surface area contributed by atoms with Crippen molar-refractivity contribution in [3.63, 3.8) is 0 Å². The molecule has 3 aromatic carbocycles. The fourth-order valence-electron chi connectivity index (χ4n) is 2.82. The number of carbonyl (C=O) groups excluding carboxylic acids is 3. The molecule has 0 saturated heterocycles. The lowest BCUT2D eigenvalue weighted by molar-refractivity contribution is -0.136. The minimum absolute atomic E-state index is 0.183. The highest BCUT2D eigenvalue weighted by molar-refractivity contribution is 6.39. The number of amides is 3. The standard InChI is InChI=1S/C25H23ClN4O5/c1-16-6-9-18(26)12-22(16)29-23(31)15-35-20-10-7-17(8-11-20)14-27-30-25(33)24(32)28-19-4-3-5-21(13-19)34-2/h3-14H,15H2,1-2H3,(H,28,32)(H,29,31)(H,30,33)/b27-14-. The van der Waals surface area contributed by atoms with Gasteiger partial charge in [-0.1, -0.05) is 23.7 Å². The molecular formula is C25H23ClN4O5. The number of hydrogen-bond acceptors (Lipinski definition) is 6. The predicted molar refractivity (Wildman–Crippen MR) is 134 cm³/mol. The molecule has 9 nitrogen and oxygen atoms in total. The van der Waals surface area contributed by atoms with E-state index in [-0.39, 0.29) is 12.5 Å². The van der Waals surface area contributed by atoms with Gasteiger partial charge < -0.3 is 20.1 Å². The number of nitrogens with zero attached hydrogens (tertiary/aromatic N) is 1. The van der Waals surface area contributed by atoms with Crippen LogP contribution in [0.3, 0.4) is 0 Å². The Morgan fingerprint density at radius 2 is 1.71 bits per heavy atom. The molecule has 3 aromatic rings. The number of nitrogens with one attached hydrogen (secondary N) is 3. The molecule has 3 N–H and O–H groups in total. The number of methoxy groups -OCH3 is 1. The van der Waals surface area contributed by atoms with Crippen molar-refractivity contribution in [1.82, 2.24) is 5.43 Å². The van der Waals surface area contributed by atoms with Crippen LogP contribution in [0.4, 0.5) is 11.4 Å². The van der Waals surface area contributed by atoms with Crippen molar-refractivity contribution >= 4 is 46.9 Å². The third-order valence-corrected chi connectivity index (χ3v) is 4.87. The lowest BCUT2D eigenvalue weighted by Crippen LogP contribution is -2.32. The van der Waals surface area contributed by atoms with Crippen LogP contribution in [0.25, 0.3) is 0 Å². The van der Waals surface area contributed by atoms with E-state index in [1.54, 1.807) is 60.7 Å². The van der Waals surface area contributed by atoms with E-state index in [0.29, 0.717) is 33.5 Å². The van der Waals surface area contributed by atoms with Crippen molar-refractivity contribution in [2.45, 2.75) is 6.92 Å². The monoisotopic (exact) mass is 494 g/mol. The number of benzene rings is 3. The Labute approximate surface area is 207 Å². The van der Waals surface area contributed by atoms with Crippen LogP contribution in [-0.2, 0) is 14.4 Å². The van der Waals surface area contributed by atoms with E-state index in [2.05, 4.69) is 21.2 Å². The molecule has 0 bridgehead atoms. The van der Waals surface area contributed by atoms with E-state index in [1.807, 2.05) is 13.0 Å². The van der Waals surface area contributed by atoms with Gasteiger partial charge in [-0.05, 0) is 66.6 Å². The van der Waals surface area contributed by atoms with E-state index < -0.39 is 11.8 Å². The molecule has 0 aromatic heterocycles. The number of carbonyl (C=O) groups is 3. The Hall–Kier alpha value is -4.37. The zero-order valence-electron chi connectivity index (χ0n) is 19.0. The van der Waals surface area contributed by atoms with Gasteiger partial charge in [0.1, 0.15) is 11.5 Å². The number of hydrazone groups is 1. The molecular weight excluding hydrogens is 472 g/mol. The van der Waals surface area contributed by atoms with E-state index >= 15 is 0 Å². The highest BCUT2D eigenvalue weighted by Gasteiger charge is 2.13. The van der Waals surface area contributed by atoms with Crippen molar-refractivity contribution in [1.29, 1.82) is 0 Å². The van der Waals surface area contributed by atoms with Gasteiger partial charge in [-0.25, -0.2) is 5.43 Å². The topological polar surface area (TPSA) is 118 Å². The summed E-state index contributed by atoms with van der Waals surface area (Å²) in [5.41, 5.74) is 4.73. The highest BCUT2D eigenvalue weighted by Crippen LogP contribution is 2.20. The molecule has 0 unspecified atom stereocenters. The van der Waals surface area contributed by atoms with Crippen molar-refractivity contribution in [3.8, 4) is 11.5 Å². The van der Waals surface area contributed by atoms with Gasteiger partial charge in [0, 0.05) is 22.5 Å². The highest BCUT2D eigenvalue weighted by atomic mass is 35.5. The summed E-state index contributed by atoms with van der Waals surface area (Å²) in [6.07, 6.45) is 1.37. The van der Waals surface area contributed by atoms with E-state index in [4.69, 9.17) is 21.1 Å². The number of anilines is 2. The lowest BCUT2D eigenvalue weighted by Gasteiger charge is -2.10. The first kappa shape index (κ1) is 25.3. The van der Waals surface area contributed by atoms with Crippen LogP contribution < -0.4 is 25.5 Å². The normalized spacial score (nSPS) is 10.5. The third kappa shape index (κ3) is 7.86. The van der Waals surface area contributed by atoms with Gasteiger partial charge in [0.2, 0.25) is 0 Å². The second-order valence-corrected chi connectivity index (χ2v) is 7.69. The molecule has 0 aliphatic heterocycles. The summed E-state index contributed by atoms with van der Waals surface area (Å²) in [4.78, 5) is 36.1. The largest absolute Gasteiger partial charge is 0.497 e. The maximum atomic E-state index is 12.1. The fraction of sp³-hybridized carbons (Fsp3) is 0.120. The van der Waals surface area contributed by atoms with Gasteiger partial charge in [0.05, 0.1) is 13.3 Å². The number of halogens is 1. The smallest absolute Gasteiger partial charge is 0.329 e. The molecule has 180 valence electrons. The first-order chi connectivity index (χ1) is 16.8. The van der Waals surface area contributed by atoms with Crippen molar-refractivity contribution < 1.29 is 23.9 Å². The van der Waals surface area contributed by atoms with Gasteiger partial charge in [0.15, 0.2) is 6.61 Å². The van der Waals surface area contributed by atoms with Gasteiger partial charge in [0.25, 0.3) is 5.91 Å². The summed E-state index contributed by atoms with van der Waals surface area (Å²) >= 11 is 5.96. The van der Waals surface area contributed by atoms with Crippen LogP contribution in [-0.4, -0.2) is 37.7 Å². The molecule has 3 amide bonds. The molecule has 0 fully saturated rings. The SMILES string of the molecule is COc1cccc(NC(=O)C(=O)N/N=C\c2ccc(OCC(=O)Nc3cc(Cl)ccc3C)cc2)c1. The van der Waals surface area contributed by atoms with E-state index in [1.165, 1.54) is 13.3 Å². The van der Waals surface area contributed by atoms with Crippen LogP contribution in [0.15, 0.2) is 71.8 Å². The molecule has 0 aliphatic carbocycles. The summed E-state index contributed by atoms with van der Waals surface area (Å²) in [7, 11) is 1.50. The van der Waals surface area contributed by atoms with Crippen LogP contribution in [0.1, 0.15) is 11.1 Å². The zero-order valence-corrected chi connectivity index (χ0v) is 19.8. The first-order valence-corrected chi connectivity index (χ1v) is 10.8. The van der Waals surface area contributed by atoms with Gasteiger partial charge in [-0.15, -0.1) is 0 Å². The number of rotatable bonds is 8. The zero-order chi connectivity index (χ0) is 25.2. The number of aryl methyl sites for hydroxylation is 1. The first-order valence-electron chi connectivity index (χ1n) is 10.4. The molecule has 35 heavy (non-hydrogen) atoms. The van der Waals surface area contributed by atoms with E-state index in [0.717, 1.165) is 5.56 Å². The molecule has 3 rings (SSSR count). The quantitative estimate of drug-likeness (QED) is 0.250. The fourth-order valence-corrected chi connectivity index (χ4v) is 2.99. The van der Waals surface area contributed by atoms with Crippen LogP contribution >= 0.6 is 11.6 Å². The summed E-state index contributed by atoms with van der Waals surface area (Å²) in [6.45, 7) is 1.68. The molecule has 10 heteroatoms. The predicted octanol–water partition coefficient (Wildman–Crippen LogP) is 3.76. The number of hydrogen-bond donors (Lipinski definition) is 3. The van der Waals surface area contributed by atoms with Gasteiger partial charge in [-0.2, -0.15) is 5.10 Å². The Morgan fingerprint density at radius 1 is 0.943 bits per heavy atom. The average molecular weight is 495 g/mol. The molecule has 0 saturated carbocycles. The third-order valence-electron chi connectivity index (χ3n) is 4.64. The minimum Gasteiger partial charge on any atom is -0.497 e. The van der Waals surface area contributed by atoms with E-state index in [9.17, 15) is 14.4 Å². The maximum Gasteiger partial charge on any atom is 0.329 e. The Balaban J connectivity index is 1.44. The Kier molecular flexibility index (Phi) is 8.80. The van der Waals surface area contributed by atoms with Crippen LogP contribution in [0.5, 0.6) is 11.5 Å². The summed E-state index contributed by atoms with van der Waals surface area (Å²) in [6, 6.07) is 18.5. The molecule has 0 spiro atoms. The molecule has 0 aliphatic rings. The Bertz CT molecular complexity index is 1240. The number of ether oxygens (including phenoxy) is 2. The van der Waals surface area contributed by atoms with Gasteiger partial charge in [-0.3, -0.25) is 14.4 Å². The second kappa shape index (κ2) is 12.2. The van der Waals surface area contributed by atoms with Crippen molar-refractivity contribution in [2.75, 3.05) is 24.4 Å². The second-order valence-electron chi connectivity index (χ2n) is 7.25. The minimum atomic E-state index is -0.926. The lowest BCUT2D eigenvalue weighted by atomic mass is 10.2. The van der Waals surface area contributed by atoms with Crippen LogP contribution in [0, 0.1) is 6.92 Å².